The van der Waals surface area contributed by atoms with Gasteiger partial charge in [0, 0.05) is 18.8 Å². The van der Waals surface area contributed by atoms with E-state index in [1.807, 2.05) is 0 Å². The molecule has 1 aliphatic heterocycles. The van der Waals surface area contributed by atoms with E-state index < -0.39 is 20.0 Å². The van der Waals surface area contributed by atoms with Crippen molar-refractivity contribution in [1.82, 2.24) is 4.31 Å². The first-order valence-corrected chi connectivity index (χ1v) is 12.0. The van der Waals surface area contributed by atoms with Gasteiger partial charge in [0.1, 0.15) is 0 Å². The number of nitrogens with zero attached hydrogens (tertiary/aromatic N) is 1. The average molecular weight is 425 g/mol. The number of hydrogen-bond donors (Lipinski definition) is 1. The number of aryl methyl sites for hydroxylation is 1. The molecule has 2 aromatic carbocycles. The summed E-state index contributed by atoms with van der Waals surface area (Å²) < 4.78 is 59.4. The van der Waals surface area contributed by atoms with Gasteiger partial charge in [0.2, 0.25) is 10.0 Å². The van der Waals surface area contributed by atoms with Gasteiger partial charge in [-0.3, -0.25) is 4.72 Å². The summed E-state index contributed by atoms with van der Waals surface area (Å²) in [5.74, 6) is 0. The maximum absolute atomic E-state index is 12.6. The highest BCUT2D eigenvalue weighted by molar-refractivity contribution is 7.92. The number of nitrogens with one attached hydrogen (secondary N) is 1. The normalized spacial score (nSPS) is 16.0. The van der Waals surface area contributed by atoms with Crippen molar-refractivity contribution in [1.29, 1.82) is 0 Å². The Morgan fingerprint density at radius 3 is 2.04 bits per heavy atom. The molecule has 0 radical (unpaired) electrons. The third-order valence-corrected chi connectivity index (χ3v) is 7.80. The number of morpholine rings is 1. The Morgan fingerprint density at radius 2 is 1.46 bits per heavy atom. The summed E-state index contributed by atoms with van der Waals surface area (Å²) in [4.78, 5) is 0.290. The molecule has 1 heterocycles. The number of rotatable bonds is 7. The van der Waals surface area contributed by atoms with E-state index in [1.165, 1.54) is 28.6 Å². The third-order valence-electron chi connectivity index (χ3n) is 4.49. The molecule has 0 aliphatic carbocycles. The molecule has 0 saturated carbocycles. The topological polar surface area (TPSA) is 92.8 Å². The van der Waals surface area contributed by atoms with Crippen LogP contribution in [0.5, 0.6) is 0 Å². The fourth-order valence-corrected chi connectivity index (χ4v) is 5.44. The predicted molar refractivity (Wildman–Crippen MR) is 107 cm³/mol. The van der Waals surface area contributed by atoms with Gasteiger partial charge in [-0.1, -0.05) is 25.5 Å². The van der Waals surface area contributed by atoms with E-state index in [0.717, 1.165) is 18.4 Å². The summed E-state index contributed by atoms with van der Waals surface area (Å²) in [5, 5.41) is 0. The van der Waals surface area contributed by atoms with Gasteiger partial charge in [-0.2, -0.15) is 4.31 Å². The van der Waals surface area contributed by atoms with Crippen molar-refractivity contribution >= 4 is 25.7 Å². The maximum Gasteiger partial charge on any atom is 0.261 e. The van der Waals surface area contributed by atoms with Crippen LogP contribution in [0.25, 0.3) is 0 Å². The lowest BCUT2D eigenvalue weighted by molar-refractivity contribution is 0.0730. The van der Waals surface area contributed by atoms with E-state index >= 15 is 0 Å². The highest BCUT2D eigenvalue weighted by atomic mass is 32.2. The number of benzene rings is 2. The van der Waals surface area contributed by atoms with Crippen LogP contribution in [0.3, 0.4) is 0 Å². The van der Waals surface area contributed by atoms with Crippen molar-refractivity contribution in [2.75, 3.05) is 31.0 Å². The van der Waals surface area contributed by atoms with Crippen molar-refractivity contribution in [2.45, 2.75) is 29.6 Å². The van der Waals surface area contributed by atoms with Gasteiger partial charge in [0.15, 0.2) is 0 Å². The van der Waals surface area contributed by atoms with Crippen LogP contribution in [0.2, 0.25) is 0 Å². The van der Waals surface area contributed by atoms with Crippen molar-refractivity contribution < 1.29 is 21.6 Å². The van der Waals surface area contributed by atoms with Gasteiger partial charge >= 0.3 is 0 Å². The molecule has 9 heteroatoms. The van der Waals surface area contributed by atoms with Crippen molar-refractivity contribution in [2.24, 2.45) is 0 Å². The minimum Gasteiger partial charge on any atom is -0.379 e. The Bertz CT molecular complexity index is 995. The van der Waals surface area contributed by atoms with Gasteiger partial charge in [-0.15, -0.1) is 0 Å². The van der Waals surface area contributed by atoms with E-state index in [4.69, 9.17) is 4.74 Å². The Labute approximate surface area is 166 Å². The summed E-state index contributed by atoms with van der Waals surface area (Å²) in [6.07, 6.45) is 1.89. The molecule has 0 aromatic heterocycles. The standard InChI is InChI=1S/C19H24N2O5S2/c1-2-3-16-4-8-18(9-5-16)27(22,23)20-17-6-10-19(11-7-17)28(24,25)21-12-14-26-15-13-21/h4-11,20H,2-3,12-15H2,1H3. The van der Waals surface area contributed by atoms with E-state index in [1.54, 1.807) is 24.3 Å². The summed E-state index contributed by atoms with van der Waals surface area (Å²) in [6.45, 7) is 3.42. The molecule has 1 aliphatic rings. The molecule has 0 spiro atoms. The molecule has 28 heavy (non-hydrogen) atoms. The molecular weight excluding hydrogens is 400 g/mol. The second-order valence-corrected chi connectivity index (χ2v) is 10.2. The first kappa shape index (κ1) is 20.8. The lowest BCUT2D eigenvalue weighted by Gasteiger charge is -2.26. The Morgan fingerprint density at radius 1 is 0.893 bits per heavy atom. The molecule has 1 N–H and O–H groups in total. The molecule has 0 unspecified atom stereocenters. The van der Waals surface area contributed by atoms with Crippen LogP contribution in [0, 0.1) is 0 Å². The molecule has 0 amide bonds. The van der Waals surface area contributed by atoms with Gasteiger partial charge in [-0.05, 0) is 48.4 Å². The molecule has 152 valence electrons. The van der Waals surface area contributed by atoms with E-state index in [2.05, 4.69) is 11.6 Å². The van der Waals surface area contributed by atoms with Crippen LogP contribution in [0.1, 0.15) is 18.9 Å². The van der Waals surface area contributed by atoms with E-state index in [-0.39, 0.29) is 9.79 Å². The Balaban J connectivity index is 1.74. The van der Waals surface area contributed by atoms with Crippen molar-refractivity contribution in [3.63, 3.8) is 0 Å². The minimum absolute atomic E-state index is 0.126. The van der Waals surface area contributed by atoms with Crippen molar-refractivity contribution in [3.8, 4) is 0 Å². The van der Waals surface area contributed by atoms with Gasteiger partial charge in [-0.25, -0.2) is 16.8 Å². The smallest absolute Gasteiger partial charge is 0.261 e. The van der Waals surface area contributed by atoms with E-state index in [9.17, 15) is 16.8 Å². The zero-order valence-electron chi connectivity index (χ0n) is 15.7. The number of hydrogen-bond acceptors (Lipinski definition) is 5. The van der Waals surface area contributed by atoms with Crippen LogP contribution in [-0.2, 0) is 31.2 Å². The van der Waals surface area contributed by atoms with Crippen LogP contribution in [0.4, 0.5) is 5.69 Å². The fraction of sp³-hybridized carbons (Fsp3) is 0.368. The summed E-state index contributed by atoms with van der Waals surface area (Å²) in [6, 6.07) is 12.5. The lowest BCUT2D eigenvalue weighted by Crippen LogP contribution is -2.40. The highest BCUT2D eigenvalue weighted by Crippen LogP contribution is 2.22. The van der Waals surface area contributed by atoms with Crippen LogP contribution in [-0.4, -0.2) is 47.4 Å². The maximum atomic E-state index is 12.6. The molecule has 0 bridgehead atoms. The van der Waals surface area contributed by atoms with Gasteiger partial charge in [0.05, 0.1) is 23.0 Å². The summed E-state index contributed by atoms with van der Waals surface area (Å²) >= 11 is 0. The largest absolute Gasteiger partial charge is 0.379 e. The molecule has 3 rings (SSSR count). The lowest BCUT2D eigenvalue weighted by atomic mass is 10.1. The van der Waals surface area contributed by atoms with Crippen LogP contribution in [0.15, 0.2) is 58.3 Å². The summed E-state index contributed by atoms with van der Waals surface area (Å²) in [5.41, 5.74) is 1.39. The predicted octanol–water partition coefficient (Wildman–Crippen LogP) is 2.46. The number of sulfonamides is 2. The zero-order chi connectivity index (χ0) is 20.2. The molecule has 2 aromatic rings. The van der Waals surface area contributed by atoms with Crippen molar-refractivity contribution in [3.05, 3.63) is 54.1 Å². The third kappa shape index (κ3) is 4.72. The SMILES string of the molecule is CCCc1ccc(S(=O)(=O)Nc2ccc(S(=O)(=O)N3CCOCC3)cc2)cc1. The Hall–Kier alpha value is -1.94. The molecule has 0 atom stereocenters. The number of anilines is 1. The molecule has 1 fully saturated rings. The first-order valence-electron chi connectivity index (χ1n) is 9.12. The monoisotopic (exact) mass is 424 g/mol. The highest BCUT2D eigenvalue weighted by Gasteiger charge is 2.26. The quantitative estimate of drug-likeness (QED) is 0.737. The summed E-state index contributed by atoms with van der Waals surface area (Å²) in [7, 11) is -7.35. The first-order chi connectivity index (χ1) is 13.3. The van der Waals surface area contributed by atoms with E-state index in [0.29, 0.717) is 32.0 Å². The molecule has 7 nitrogen and oxygen atoms in total. The molecular formula is C19H24N2O5S2. The second kappa shape index (κ2) is 8.60. The number of ether oxygens (including phenoxy) is 1. The molecule has 1 saturated heterocycles. The van der Waals surface area contributed by atoms with Gasteiger partial charge < -0.3 is 4.74 Å². The minimum atomic E-state index is -3.74. The van der Waals surface area contributed by atoms with Crippen LogP contribution >= 0.6 is 0 Å². The van der Waals surface area contributed by atoms with Crippen LogP contribution < -0.4 is 4.72 Å². The Kier molecular flexibility index (Phi) is 6.39. The second-order valence-electron chi connectivity index (χ2n) is 6.54. The fourth-order valence-electron chi connectivity index (χ4n) is 2.97. The zero-order valence-corrected chi connectivity index (χ0v) is 17.3. The average Bonchev–Trinajstić information content (AvgIpc) is 2.69. The van der Waals surface area contributed by atoms with Gasteiger partial charge in [0.25, 0.3) is 10.0 Å².